The number of phenolic OH excluding ortho intramolecular Hbond substituents is 1. The molecule has 0 fully saturated rings. The number of aromatic hydroxyl groups is 1. The van der Waals surface area contributed by atoms with Crippen LogP contribution in [0, 0.1) is 0 Å². The maximum Gasteiger partial charge on any atom is 0.407 e. The fourth-order valence-corrected chi connectivity index (χ4v) is 1.67. The molecule has 0 aromatic heterocycles. The summed E-state index contributed by atoms with van der Waals surface area (Å²) < 4.78 is 10.4. The number of amides is 1. The van der Waals surface area contributed by atoms with Crippen LogP contribution in [0.5, 0.6) is 11.5 Å². The molecule has 5 heteroatoms. The second-order valence-electron chi connectivity index (χ2n) is 4.30. The van der Waals surface area contributed by atoms with E-state index in [1.54, 1.807) is 18.2 Å². The molecule has 0 spiro atoms. The Kier molecular flexibility index (Phi) is 5.46. The SMILES string of the molecule is O=C(NCCOc1ccccc1O)OCc1ccccc1. The second kappa shape index (κ2) is 7.79. The van der Waals surface area contributed by atoms with Crippen molar-refractivity contribution in [2.75, 3.05) is 13.2 Å². The van der Waals surface area contributed by atoms with Gasteiger partial charge < -0.3 is 19.9 Å². The van der Waals surface area contributed by atoms with Crippen molar-refractivity contribution < 1.29 is 19.4 Å². The van der Waals surface area contributed by atoms with E-state index in [4.69, 9.17) is 9.47 Å². The lowest BCUT2D eigenvalue weighted by Gasteiger charge is -2.09. The highest BCUT2D eigenvalue weighted by molar-refractivity contribution is 5.67. The lowest BCUT2D eigenvalue weighted by atomic mass is 10.2. The van der Waals surface area contributed by atoms with Gasteiger partial charge in [0, 0.05) is 0 Å². The van der Waals surface area contributed by atoms with E-state index in [9.17, 15) is 9.90 Å². The van der Waals surface area contributed by atoms with E-state index >= 15 is 0 Å². The third-order valence-corrected chi connectivity index (χ3v) is 2.71. The van der Waals surface area contributed by atoms with Crippen molar-refractivity contribution >= 4 is 6.09 Å². The molecule has 0 unspecified atom stereocenters. The van der Waals surface area contributed by atoms with Crippen LogP contribution < -0.4 is 10.1 Å². The Morgan fingerprint density at radius 3 is 2.52 bits per heavy atom. The first-order valence-electron chi connectivity index (χ1n) is 6.61. The average Bonchev–Trinajstić information content (AvgIpc) is 2.52. The molecule has 0 heterocycles. The Bertz CT molecular complexity index is 571. The van der Waals surface area contributed by atoms with Crippen LogP contribution in [0.25, 0.3) is 0 Å². The van der Waals surface area contributed by atoms with Crippen molar-refractivity contribution in [3.05, 3.63) is 60.2 Å². The molecule has 0 aliphatic heterocycles. The minimum absolute atomic E-state index is 0.0733. The summed E-state index contributed by atoms with van der Waals surface area (Å²) >= 11 is 0. The summed E-state index contributed by atoms with van der Waals surface area (Å²) in [6.45, 7) is 0.771. The van der Waals surface area contributed by atoms with Crippen LogP contribution >= 0.6 is 0 Å². The summed E-state index contributed by atoms with van der Waals surface area (Å²) in [5.74, 6) is 0.459. The Hall–Kier alpha value is -2.69. The number of benzene rings is 2. The van der Waals surface area contributed by atoms with Crippen LogP contribution in [0.3, 0.4) is 0 Å². The fraction of sp³-hybridized carbons (Fsp3) is 0.188. The van der Waals surface area contributed by atoms with Crippen LogP contribution in [0.1, 0.15) is 5.56 Å². The molecule has 0 atom stereocenters. The van der Waals surface area contributed by atoms with Gasteiger partial charge in [0.1, 0.15) is 13.2 Å². The first kappa shape index (κ1) is 14.7. The molecule has 21 heavy (non-hydrogen) atoms. The van der Waals surface area contributed by atoms with Gasteiger partial charge in [-0.15, -0.1) is 0 Å². The van der Waals surface area contributed by atoms with Gasteiger partial charge in [-0.05, 0) is 17.7 Å². The van der Waals surface area contributed by atoms with Crippen LogP contribution in [0.15, 0.2) is 54.6 Å². The number of para-hydroxylation sites is 2. The maximum absolute atomic E-state index is 11.5. The van der Waals surface area contributed by atoms with Crippen molar-refractivity contribution in [2.45, 2.75) is 6.61 Å². The summed E-state index contributed by atoms with van der Waals surface area (Å²) in [6.07, 6.45) is -0.500. The summed E-state index contributed by atoms with van der Waals surface area (Å²) in [7, 11) is 0. The van der Waals surface area contributed by atoms with E-state index in [0.717, 1.165) is 5.56 Å². The Morgan fingerprint density at radius 1 is 1.05 bits per heavy atom. The summed E-state index contributed by atoms with van der Waals surface area (Å²) in [5.41, 5.74) is 0.929. The van der Waals surface area contributed by atoms with E-state index in [1.807, 2.05) is 30.3 Å². The number of rotatable bonds is 6. The molecular weight excluding hydrogens is 270 g/mol. The van der Waals surface area contributed by atoms with Crippen LogP contribution in [0.2, 0.25) is 0 Å². The van der Waals surface area contributed by atoms with Crippen molar-refractivity contribution in [1.29, 1.82) is 0 Å². The number of phenols is 1. The average molecular weight is 287 g/mol. The topological polar surface area (TPSA) is 67.8 Å². The number of carbonyl (C=O) groups excluding carboxylic acids is 1. The smallest absolute Gasteiger partial charge is 0.407 e. The van der Waals surface area contributed by atoms with Gasteiger partial charge in [0.2, 0.25) is 0 Å². The van der Waals surface area contributed by atoms with Gasteiger partial charge in [0.05, 0.1) is 6.54 Å². The predicted molar refractivity (Wildman–Crippen MR) is 78.2 cm³/mol. The van der Waals surface area contributed by atoms with Gasteiger partial charge in [0.25, 0.3) is 0 Å². The maximum atomic E-state index is 11.5. The van der Waals surface area contributed by atoms with Crippen molar-refractivity contribution in [2.24, 2.45) is 0 Å². The van der Waals surface area contributed by atoms with Gasteiger partial charge >= 0.3 is 6.09 Å². The third-order valence-electron chi connectivity index (χ3n) is 2.71. The largest absolute Gasteiger partial charge is 0.504 e. The van der Waals surface area contributed by atoms with Crippen LogP contribution in [-0.2, 0) is 11.3 Å². The second-order valence-corrected chi connectivity index (χ2v) is 4.30. The molecule has 2 aromatic rings. The minimum atomic E-state index is -0.500. The number of alkyl carbamates (subject to hydrolysis) is 1. The van der Waals surface area contributed by atoms with Crippen molar-refractivity contribution in [3.63, 3.8) is 0 Å². The van der Waals surface area contributed by atoms with Crippen LogP contribution in [-0.4, -0.2) is 24.4 Å². The summed E-state index contributed by atoms with van der Waals surface area (Å²) in [4.78, 5) is 11.5. The van der Waals surface area contributed by atoms with E-state index in [-0.39, 0.29) is 19.0 Å². The molecule has 0 radical (unpaired) electrons. The number of hydrogen-bond donors (Lipinski definition) is 2. The zero-order valence-electron chi connectivity index (χ0n) is 11.5. The molecular formula is C16H17NO4. The van der Waals surface area contributed by atoms with Gasteiger partial charge in [-0.3, -0.25) is 0 Å². The zero-order chi connectivity index (χ0) is 14.9. The number of nitrogens with one attached hydrogen (secondary N) is 1. The number of carbonyl (C=O) groups is 1. The lowest BCUT2D eigenvalue weighted by molar-refractivity contribution is 0.137. The molecule has 110 valence electrons. The van der Waals surface area contributed by atoms with E-state index < -0.39 is 6.09 Å². The normalized spacial score (nSPS) is 9.90. The monoisotopic (exact) mass is 287 g/mol. The Labute approximate surface area is 123 Å². The summed E-state index contributed by atoms with van der Waals surface area (Å²) in [5, 5.41) is 12.1. The molecule has 2 N–H and O–H groups in total. The molecule has 0 saturated carbocycles. The van der Waals surface area contributed by atoms with E-state index in [2.05, 4.69) is 5.32 Å². The standard InChI is InChI=1S/C16H17NO4/c18-14-8-4-5-9-15(14)20-11-10-17-16(19)21-12-13-6-2-1-3-7-13/h1-9,18H,10-12H2,(H,17,19). The Morgan fingerprint density at radius 2 is 1.76 bits per heavy atom. The summed E-state index contributed by atoms with van der Waals surface area (Å²) in [6, 6.07) is 16.1. The molecule has 0 aliphatic rings. The minimum Gasteiger partial charge on any atom is -0.504 e. The van der Waals surface area contributed by atoms with Gasteiger partial charge in [0.15, 0.2) is 11.5 Å². The first-order valence-corrected chi connectivity index (χ1v) is 6.61. The first-order chi connectivity index (χ1) is 10.3. The van der Waals surface area contributed by atoms with E-state index in [1.165, 1.54) is 6.07 Å². The molecule has 0 bridgehead atoms. The highest BCUT2D eigenvalue weighted by Gasteiger charge is 2.03. The highest BCUT2D eigenvalue weighted by Crippen LogP contribution is 2.23. The van der Waals surface area contributed by atoms with Crippen molar-refractivity contribution in [3.8, 4) is 11.5 Å². The molecule has 5 nitrogen and oxygen atoms in total. The number of hydrogen-bond acceptors (Lipinski definition) is 4. The van der Waals surface area contributed by atoms with Crippen molar-refractivity contribution in [1.82, 2.24) is 5.32 Å². The quantitative estimate of drug-likeness (QED) is 0.802. The van der Waals surface area contributed by atoms with E-state index in [0.29, 0.717) is 12.3 Å². The number of ether oxygens (including phenoxy) is 2. The van der Waals surface area contributed by atoms with Gasteiger partial charge in [-0.2, -0.15) is 0 Å². The van der Waals surface area contributed by atoms with Crippen LogP contribution in [0.4, 0.5) is 4.79 Å². The fourth-order valence-electron chi connectivity index (χ4n) is 1.67. The van der Waals surface area contributed by atoms with Gasteiger partial charge in [-0.25, -0.2) is 4.79 Å². The third kappa shape index (κ3) is 5.06. The highest BCUT2D eigenvalue weighted by atomic mass is 16.5. The molecule has 2 aromatic carbocycles. The lowest BCUT2D eigenvalue weighted by Crippen LogP contribution is -2.28. The Balaban J connectivity index is 1.62. The molecule has 2 rings (SSSR count). The zero-order valence-corrected chi connectivity index (χ0v) is 11.5. The molecule has 0 aliphatic carbocycles. The molecule has 1 amide bonds. The van der Waals surface area contributed by atoms with Gasteiger partial charge in [-0.1, -0.05) is 42.5 Å². The predicted octanol–water partition coefficient (Wildman–Crippen LogP) is 2.70. The molecule has 0 saturated heterocycles.